The predicted octanol–water partition coefficient (Wildman–Crippen LogP) is 1.48. The van der Waals surface area contributed by atoms with Crippen LogP contribution in [0.3, 0.4) is 0 Å². The van der Waals surface area contributed by atoms with E-state index in [1.165, 1.54) is 23.8 Å². The average molecular weight is 313 g/mol. The molecule has 0 radical (unpaired) electrons. The van der Waals surface area contributed by atoms with Gasteiger partial charge in [0.2, 0.25) is 0 Å². The van der Waals surface area contributed by atoms with Gasteiger partial charge in [0.05, 0.1) is 17.5 Å². The quantitative estimate of drug-likeness (QED) is 0.791. The number of rotatable bonds is 3. The van der Waals surface area contributed by atoms with Crippen LogP contribution in [0.25, 0.3) is 16.7 Å². The zero-order valence-corrected chi connectivity index (χ0v) is 12.9. The van der Waals surface area contributed by atoms with Gasteiger partial charge >= 0.3 is 0 Å². The van der Waals surface area contributed by atoms with Crippen LogP contribution in [0.2, 0.25) is 0 Å². The number of hydrogen-bond acceptors (Lipinski definition) is 5. The number of fused-ring (bicyclic) bond motifs is 3. The molecule has 3 aromatic heterocycles. The highest BCUT2D eigenvalue weighted by molar-refractivity contribution is 5.78. The number of pyridine rings is 1. The van der Waals surface area contributed by atoms with E-state index in [2.05, 4.69) is 15.1 Å². The molecular formula is C16H19N5O2. The van der Waals surface area contributed by atoms with Crippen molar-refractivity contribution in [1.29, 1.82) is 0 Å². The van der Waals surface area contributed by atoms with Gasteiger partial charge in [-0.15, -0.1) is 5.10 Å². The minimum Gasteiger partial charge on any atom is -0.395 e. The Morgan fingerprint density at radius 3 is 2.87 bits per heavy atom. The number of hydrogen-bond donors (Lipinski definition) is 1. The lowest BCUT2D eigenvalue weighted by Crippen LogP contribution is -2.21. The van der Waals surface area contributed by atoms with E-state index in [1.807, 2.05) is 6.07 Å². The first-order valence-electron chi connectivity index (χ1n) is 8.13. The number of aliphatic hydroxyl groups is 1. The molecule has 0 atom stereocenters. The molecule has 23 heavy (non-hydrogen) atoms. The van der Waals surface area contributed by atoms with E-state index < -0.39 is 0 Å². The third-order valence-electron chi connectivity index (χ3n) is 4.63. The van der Waals surface area contributed by atoms with Crippen LogP contribution in [0, 0.1) is 0 Å². The molecule has 0 aliphatic heterocycles. The summed E-state index contributed by atoms with van der Waals surface area (Å²) in [6, 6.07) is 1.83. The Morgan fingerprint density at radius 2 is 2.09 bits per heavy atom. The van der Waals surface area contributed by atoms with Gasteiger partial charge in [-0.3, -0.25) is 4.79 Å². The van der Waals surface area contributed by atoms with E-state index in [0.717, 1.165) is 18.7 Å². The van der Waals surface area contributed by atoms with Gasteiger partial charge in [-0.1, -0.05) is 19.3 Å². The summed E-state index contributed by atoms with van der Waals surface area (Å²) in [6.07, 6.45) is 9.22. The molecule has 4 rings (SSSR count). The van der Waals surface area contributed by atoms with Gasteiger partial charge in [-0.05, 0) is 18.9 Å². The van der Waals surface area contributed by atoms with Gasteiger partial charge in [0.15, 0.2) is 5.82 Å². The van der Waals surface area contributed by atoms with Crippen molar-refractivity contribution >= 4 is 16.7 Å². The van der Waals surface area contributed by atoms with Gasteiger partial charge < -0.3 is 9.67 Å². The third kappa shape index (κ3) is 2.41. The lowest BCUT2D eigenvalue weighted by Gasteiger charge is -2.17. The Morgan fingerprint density at radius 1 is 1.26 bits per heavy atom. The standard InChI is InChI=1S/C16H19N5O2/c22-9-8-20-7-6-13-12(15(20)23)10-17-16-18-14(19-21(13)16)11-4-2-1-3-5-11/h6-7,10-11,22H,1-5,8-9H2. The predicted molar refractivity (Wildman–Crippen MR) is 85.5 cm³/mol. The summed E-state index contributed by atoms with van der Waals surface area (Å²) in [4.78, 5) is 21.3. The molecular weight excluding hydrogens is 294 g/mol. The zero-order chi connectivity index (χ0) is 15.8. The van der Waals surface area contributed by atoms with Gasteiger partial charge in [0.25, 0.3) is 11.3 Å². The lowest BCUT2D eigenvalue weighted by atomic mass is 9.89. The smallest absolute Gasteiger partial charge is 0.261 e. The zero-order valence-electron chi connectivity index (χ0n) is 12.9. The largest absolute Gasteiger partial charge is 0.395 e. The third-order valence-corrected chi connectivity index (χ3v) is 4.63. The summed E-state index contributed by atoms with van der Waals surface area (Å²) in [6.45, 7) is 0.202. The van der Waals surface area contributed by atoms with Gasteiger partial charge in [0.1, 0.15) is 0 Å². The van der Waals surface area contributed by atoms with Crippen molar-refractivity contribution in [3.05, 3.63) is 34.6 Å². The molecule has 0 saturated heterocycles. The van der Waals surface area contributed by atoms with Crippen molar-refractivity contribution in [3.63, 3.8) is 0 Å². The van der Waals surface area contributed by atoms with E-state index in [-0.39, 0.29) is 18.7 Å². The molecule has 1 saturated carbocycles. The Kier molecular flexibility index (Phi) is 3.57. The fraction of sp³-hybridized carbons (Fsp3) is 0.500. The van der Waals surface area contributed by atoms with Gasteiger partial charge in [-0.25, -0.2) is 4.98 Å². The Labute approximate surface area is 132 Å². The minimum absolute atomic E-state index is 0.0732. The normalized spacial score (nSPS) is 16.4. The summed E-state index contributed by atoms with van der Waals surface area (Å²) < 4.78 is 3.15. The van der Waals surface area contributed by atoms with Crippen LogP contribution in [0.5, 0.6) is 0 Å². The summed E-state index contributed by atoms with van der Waals surface area (Å²) in [7, 11) is 0. The van der Waals surface area contributed by atoms with Crippen molar-refractivity contribution in [2.24, 2.45) is 0 Å². The fourth-order valence-electron chi connectivity index (χ4n) is 3.39. The molecule has 0 bridgehead atoms. The summed E-state index contributed by atoms with van der Waals surface area (Å²) >= 11 is 0. The monoisotopic (exact) mass is 313 g/mol. The Balaban J connectivity index is 1.86. The maximum absolute atomic E-state index is 12.4. The second-order valence-electron chi connectivity index (χ2n) is 6.11. The average Bonchev–Trinajstić information content (AvgIpc) is 3.03. The van der Waals surface area contributed by atoms with E-state index in [0.29, 0.717) is 22.6 Å². The molecule has 0 aromatic carbocycles. The first kappa shape index (κ1) is 14.3. The van der Waals surface area contributed by atoms with Crippen molar-refractivity contribution in [2.45, 2.75) is 44.6 Å². The molecule has 0 spiro atoms. The highest BCUT2D eigenvalue weighted by Crippen LogP contribution is 2.30. The SMILES string of the molecule is O=c1c2cnc3nc(C4CCCCC4)nn3c2ccn1CCO. The molecule has 7 nitrogen and oxygen atoms in total. The second kappa shape index (κ2) is 5.73. The lowest BCUT2D eigenvalue weighted by molar-refractivity contribution is 0.274. The molecule has 1 fully saturated rings. The van der Waals surface area contributed by atoms with Crippen LogP contribution < -0.4 is 5.56 Å². The van der Waals surface area contributed by atoms with Crippen molar-refractivity contribution in [3.8, 4) is 0 Å². The molecule has 120 valence electrons. The highest BCUT2D eigenvalue weighted by atomic mass is 16.3. The van der Waals surface area contributed by atoms with Crippen LogP contribution >= 0.6 is 0 Å². The highest BCUT2D eigenvalue weighted by Gasteiger charge is 2.21. The van der Waals surface area contributed by atoms with Gasteiger partial charge in [0, 0.05) is 24.9 Å². The summed E-state index contributed by atoms with van der Waals surface area (Å²) in [5.74, 6) is 1.77. The van der Waals surface area contributed by atoms with E-state index in [9.17, 15) is 4.79 Å². The van der Waals surface area contributed by atoms with E-state index >= 15 is 0 Å². The van der Waals surface area contributed by atoms with E-state index in [1.54, 1.807) is 16.9 Å². The van der Waals surface area contributed by atoms with Crippen LogP contribution in [0.1, 0.15) is 43.8 Å². The van der Waals surface area contributed by atoms with Crippen LogP contribution in [0.4, 0.5) is 0 Å². The molecule has 3 aromatic rings. The minimum atomic E-state index is -0.166. The number of aliphatic hydroxyl groups excluding tert-OH is 1. The molecule has 1 aliphatic carbocycles. The second-order valence-corrected chi connectivity index (χ2v) is 6.11. The maximum Gasteiger partial charge on any atom is 0.261 e. The number of aromatic nitrogens is 5. The Bertz CT molecular complexity index is 908. The molecule has 7 heteroatoms. The summed E-state index contributed by atoms with van der Waals surface area (Å²) in [5, 5.41) is 14.2. The molecule has 1 N–H and O–H groups in total. The summed E-state index contributed by atoms with van der Waals surface area (Å²) in [5.41, 5.74) is 0.546. The van der Waals surface area contributed by atoms with Crippen LogP contribution in [-0.4, -0.2) is 35.9 Å². The van der Waals surface area contributed by atoms with Crippen LogP contribution in [0.15, 0.2) is 23.3 Å². The van der Waals surface area contributed by atoms with Crippen molar-refractivity contribution in [1.82, 2.24) is 24.1 Å². The molecule has 3 heterocycles. The Hall–Kier alpha value is -2.28. The van der Waals surface area contributed by atoms with Gasteiger partial charge in [-0.2, -0.15) is 9.50 Å². The van der Waals surface area contributed by atoms with Crippen LogP contribution in [-0.2, 0) is 6.54 Å². The molecule has 0 unspecified atom stereocenters. The first-order chi connectivity index (χ1) is 11.3. The molecule has 0 amide bonds. The first-order valence-corrected chi connectivity index (χ1v) is 8.13. The van der Waals surface area contributed by atoms with Crippen molar-refractivity contribution in [2.75, 3.05) is 6.61 Å². The number of nitrogens with zero attached hydrogens (tertiary/aromatic N) is 5. The molecule has 1 aliphatic rings. The topological polar surface area (TPSA) is 85.3 Å². The maximum atomic E-state index is 12.4. The fourth-order valence-corrected chi connectivity index (χ4v) is 3.39. The van der Waals surface area contributed by atoms with Crippen molar-refractivity contribution < 1.29 is 5.11 Å². The van der Waals surface area contributed by atoms with E-state index in [4.69, 9.17) is 5.11 Å².